The maximum absolute atomic E-state index is 12.5. The fourth-order valence-electron chi connectivity index (χ4n) is 5.64. The molecular formula is C20H24O4. The Morgan fingerprint density at radius 2 is 1.96 bits per heavy atom. The van der Waals surface area contributed by atoms with Crippen LogP contribution in [0.5, 0.6) is 0 Å². The molecule has 1 saturated carbocycles. The number of hydrogen-bond acceptors (Lipinski definition) is 4. The third-order valence-corrected chi connectivity index (χ3v) is 6.93. The number of rotatable bonds is 0. The van der Waals surface area contributed by atoms with Crippen molar-refractivity contribution >= 4 is 11.8 Å². The minimum Gasteiger partial charge on any atom is -0.505 e. The monoisotopic (exact) mass is 328 g/mol. The third kappa shape index (κ3) is 1.80. The zero-order valence-electron chi connectivity index (χ0n) is 14.7. The Hall–Kier alpha value is -1.84. The lowest BCUT2D eigenvalue weighted by Crippen LogP contribution is -2.53. The Kier molecular flexibility index (Phi) is 3.02. The molecule has 1 fully saturated rings. The largest absolute Gasteiger partial charge is 0.505 e. The molecule has 3 aliphatic carbocycles. The molecular weight excluding hydrogens is 304 g/mol. The first-order valence-electron chi connectivity index (χ1n) is 8.75. The van der Waals surface area contributed by atoms with E-state index < -0.39 is 5.41 Å². The summed E-state index contributed by atoms with van der Waals surface area (Å²) in [5.74, 6) is -0.111. The van der Waals surface area contributed by atoms with Crippen molar-refractivity contribution in [1.29, 1.82) is 0 Å². The number of Topliss-reactive ketones (excluding diaryl/α,β-unsaturated/α-hetero) is 1. The number of carbonyl (C=O) groups is 2. The third-order valence-electron chi connectivity index (χ3n) is 6.93. The number of aliphatic hydroxyl groups is 1. The van der Waals surface area contributed by atoms with Gasteiger partial charge in [-0.2, -0.15) is 0 Å². The second kappa shape index (κ2) is 4.62. The molecule has 4 aliphatic rings. The quantitative estimate of drug-likeness (QED) is 0.690. The highest BCUT2D eigenvalue weighted by molar-refractivity contribution is 5.99. The summed E-state index contributed by atoms with van der Waals surface area (Å²) in [5.41, 5.74) is 2.20. The van der Waals surface area contributed by atoms with Gasteiger partial charge in [-0.3, -0.25) is 4.79 Å². The lowest BCUT2D eigenvalue weighted by molar-refractivity contribution is -0.141. The van der Waals surface area contributed by atoms with Gasteiger partial charge in [0.1, 0.15) is 6.10 Å². The first-order valence-corrected chi connectivity index (χ1v) is 8.75. The minimum atomic E-state index is -0.572. The minimum absolute atomic E-state index is 0.110. The Morgan fingerprint density at radius 3 is 2.67 bits per heavy atom. The van der Waals surface area contributed by atoms with Crippen LogP contribution >= 0.6 is 0 Å². The van der Waals surface area contributed by atoms with Gasteiger partial charge >= 0.3 is 5.97 Å². The summed E-state index contributed by atoms with van der Waals surface area (Å²) in [7, 11) is 0. The SMILES string of the molecule is CC1=C2C=C3CCC4C(C)(C)C(=O)C(O)=CC4(C)C3CC2OC1=O. The van der Waals surface area contributed by atoms with E-state index in [1.54, 1.807) is 6.08 Å². The molecule has 4 unspecified atom stereocenters. The average Bonchev–Trinajstić information content (AvgIpc) is 2.78. The number of esters is 1. The molecule has 0 saturated heterocycles. The Balaban J connectivity index is 1.82. The first kappa shape index (κ1) is 15.7. The Bertz CT molecular complexity index is 752. The Morgan fingerprint density at radius 1 is 1.25 bits per heavy atom. The van der Waals surface area contributed by atoms with Gasteiger partial charge in [-0.15, -0.1) is 0 Å². The molecule has 4 nitrogen and oxygen atoms in total. The number of allylic oxidation sites excluding steroid dienone is 3. The first-order chi connectivity index (χ1) is 11.2. The molecule has 0 radical (unpaired) electrons. The van der Waals surface area contributed by atoms with E-state index in [1.807, 2.05) is 20.8 Å². The van der Waals surface area contributed by atoms with E-state index in [2.05, 4.69) is 13.0 Å². The summed E-state index contributed by atoms with van der Waals surface area (Å²) in [5, 5.41) is 10.3. The maximum Gasteiger partial charge on any atom is 0.334 e. The summed E-state index contributed by atoms with van der Waals surface area (Å²) in [4.78, 5) is 24.4. The summed E-state index contributed by atoms with van der Waals surface area (Å²) in [6.07, 6.45) is 6.35. The average molecular weight is 328 g/mol. The molecule has 0 spiro atoms. The van der Waals surface area contributed by atoms with Gasteiger partial charge in [-0.05, 0) is 49.5 Å². The van der Waals surface area contributed by atoms with E-state index in [0.717, 1.165) is 30.4 Å². The maximum atomic E-state index is 12.5. The number of aliphatic hydroxyl groups excluding tert-OH is 1. The number of ether oxygens (including phenoxy) is 1. The van der Waals surface area contributed by atoms with Gasteiger partial charge in [-0.1, -0.05) is 32.4 Å². The van der Waals surface area contributed by atoms with E-state index >= 15 is 0 Å². The molecule has 1 aliphatic heterocycles. The van der Waals surface area contributed by atoms with Crippen LogP contribution in [0.1, 0.15) is 47.0 Å². The van der Waals surface area contributed by atoms with Gasteiger partial charge in [0.05, 0.1) is 0 Å². The van der Waals surface area contributed by atoms with E-state index in [4.69, 9.17) is 4.74 Å². The van der Waals surface area contributed by atoms with Crippen LogP contribution in [0, 0.1) is 22.7 Å². The van der Waals surface area contributed by atoms with Crippen molar-refractivity contribution in [2.45, 2.75) is 53.1 Å². The molecule has 0 amide bonds. The van der Waals surface area contributed by atoms with Crippen molar-refractivity contribution in [2.24, 2.45) is 22.7 Å². The fraction of sp³-hybridized carbons (Fsp3) is 0.600. The fourth-order valence-corrected chi connectivity index (χ4v) is 5.64. The summed E-state index contributed by atoms with van der Waals surface area (Å²) in [6.45, 7) is 7.88. The molecule has 0 bridgehead atoms. The van der Waals surface area contributed by atoms with Crippen LogP contribution in [0.15, 0.2) is 34.6 Å². The zero-order chi connectivity index (χ0) is 17.4. The molecule has 1 heterocycles. The van der Waals surface area contributed by atoms with Crippen molar-refractivity contribution in [2.75, 3.05) is 0 Å². The summed E-state index contributed by atoms with van der Waals surface area (Å²) >= 11 is 0. The van der Waals surface area contributed by atoms with E-state index in [-0.39, 0.29) is 40.9 Å². The van der Waals surface area contributed by atoms with Crippen molar-refractivity contribution in [1.82, 2.24) is 0 Å². The topological polar surface area (TPSA) is 63.6 Å². The molecule has 0 aromatic rings. The van der Waals surface area contributed by atoms with Crippen LogP contribution in [0.25, 0.3) is 0 Å². The van der Waals surface area contributed by atoms with Gasteiger partial charge < -0.3 is 9.84 Å². The van der Waals surface area contributed by atoms with Crippen molar-refractivity contribution < 1.29 is 19.4 Å². The van der Waals surface area contributed by atoms with Gasteiger partial charge in [0, 0.05) is 16.6 Å². The number of carbonyl (C=O) groups excluding carboxylic acids is 2. The lowest BCUT2D eigenvalue weighted by Gasteiger charge is -2.56. The van der Waals surface area contributed by atoms with Crippen LogP contribution in [0.4, 0.5) is 0 Å². The van der Waals surface area contributed by atoms with Crippen molar-refractivity contribution in [3.05, 3.63) is 34.6 Å². The highest BCUT2D eigenvalue weighted by Crippen LogP contribution is 2.61. The molecule has 0 aromatic heterocycles. The number of ketones is 1. The molecule has 128 valence electrons. The Labute approximate surface area is 142 Å². The lowest BCUT2D eigenvalue weighted by atomic mass is 9.47. The van der Waals surface area contributed by atoms with Gasteiger partial charge in [0.15, 0.2) is 5.76 Å². The number of hydrogen-bond donors (Lipinski definition) is 1. The van der Waals surface area contributed by atoms with E-state index in [1.165, 1.54) is 5.57 Å². The van der Waals surface area contributed by atoms with Crippen LogP contribution < -0.4 is 0 Å². The number of fused-ring (bicyclic) bond motifs is 4. The van der Waals surface area contributed by atoms with Crippen molar-refractivity contribution in [3.8, 4) is 0 Å². The molecule has 1 N–H and O–H groups in total. The second-order valence-corrected chi connectivity index (χ2v) is 8.52. The second-order valence-electron chi connectivity index (χ2n) is 8.52. The predicted octanol–water partition coefficient (Wildman–Crippen LogP) is 3.64. The van der Waals surface area contributed by atoms with Crippen LogP contribution in [-0.2, 0) is 14.3 Å². The molecule has 4 atom stereocenters. The zero-order valence-corrected chi connectivity index (χ0v) is 14.7. The predicted molar refractivity (Wildman–Crippen MR) is 89.1 cm³/mol. The highest BCUT2D eigenvalue weighted by Gasteiger charge is 2.58. The van der Waals surface area contributed by atoms with E-state index in [9.17, 15) is 14.7 Å². The molecule has 24 heavy (non-hydrogen) atoms. The highest BCUT2D eigenvalue weighted by atomic mass is 16.5. The van der Waals surface area contributed by atoms with Crippen LogP contribution in [0.2, 0.25) is 0 Å². The smallest absolute Gasteiger partial charge is 0.334 e. The van der Waals surface area contributed by atoms with Crippen molar-refractivity contribution in [3.63, 3.8) is 0 Å². The normalized spacial score (nSPS) is 40.2. The summed E-state index contributed by atoms with van der Waals surface area (Å²) in [6, 6.07) is 0. The van der Waals surface area contributed by atoms with E-state index in [0.29, 0.717) is 0 Å². The molecule has 4 heteroatoms. The van der Waals surface area contributed by atoms with Crippen LogP contribution in [-0.4, -0.2) is 23.0 Å². The molecule has 4 rings (SSSR count). The van der Waals surface area contributed by atoms with Gasteiger partial charge in [-0.25, -0.2) is 4.79 Å². The van der Waals surface area contributed by atoms with Crippen LogP contribution in [0.3, 0.4) is 0 Å². The summed E-state index contributed by atoms with van der Waals surface area (Å²) < 4.78 is 5.54. The van der Waals surface area contributed by atoms with Gasteiger partial charge in [0.2, 0.25) is 5.78 Å². The van der Waals surface area contributed by atoms with Gasteiger partial charge in [0.25, 0.3) is 0 Å². The molecule has 0 aromatic carbocycles. The standard InChI is InChI=1S/C20H24O4/c1-10-12-7-11-5-6-16-19(2,3)17(22)14(21)9-20(16,4)13(11)8-15(12)24-18(10)23/h7,9,13,15-16,21H,5-6,8H2,1-4H3.